The molecule has 0 aliphatic heterocycles. The molecular formula is C14H15F3N4OS. The van der Waals surface area contributed by atoms with Crippen LogP contribution in [0.2, 0.25) is 0 Å². The third kappa shape index (κ3) is 3.44. The van der Waals surface area contributed by atoms with E-state index in [-0.39, 0.29) is 21.9 Å². The molecule has 0 atom stereocenters. The van der Waals surface area contributed by atoms with Crippen molar-refractivity contribution >= 4 is 11.8 Å². The Morgan fingerprint density at radius 3 is 2.70 bits per heavy atom. The molecule has 5 nitrogen and oxygen atoms in total. The van der Waals surface area contributed by atoms with Crippen molar-refractivity contribution in [2.75, 3.05) is 0 Å². The number of rotatable bonds is 3. The first-order chi connectivity index (χ1) is 11.0. The van der Waals surface area contributed by atoms with Crippen molar-refractivity contribution in [3.63, 3.8) is 0 Å². The highest BCUT2D eigenvalue weighted by molar-refractivity contribution is 7.99. The van der Waals surface area contributed by atoms with E-state index in [9.17, 15) is 18.0 Å². The predicted octanol–water partition coefficient (Wildman–Crippen LogP) is 3.64. The van der Waals surface area contributed by atoms with E-state index in [2.05, 4.69) is 15.2 Å². The molecule has 1 aliphatic rings. The monoisotopic (exact) mass is 344 g/mol. The second-order valence-electron chi connectivity index (χ2n) is 5.43. The Bertz CT molecular complexity index is 734. The van der Waals surface area contributed by atoms with Crippen LogP contribution < -0.4 is 5.69 Å². The van der Waals surface area contributed by atoms with Gasteiger partial charge in [-0.15, -0.1) is 5.10 Å². The maximum absolute atomic E-state index is 13.1. The second-order valence-corrected chi connectivity index (χ2v) is 6.39. The standard InChI is InChI=1S/C14H15F3N4OS/c15-14(16,17)10-7-4-8-18-11(10)23-13-20-19-12(22)21(13)9-5-2-1-3-6-9/h4,7-9H,1-3,5-6H2,(H,19,22). The summed E-state index contributed by atoms with van der Waals surface area (Å²) in [5.74, 6) is 0. The molecule has 0 spiro atoms. The zero-order valence-corrected chi connectivity index (χ0v) is 13.0. The molecule has 9 heteroatoms. The van der Waals surface area contributed by atoms with Gasteiger partial charge in [0.1, 0.15) is 5.03 Å². The van der Waals surface area contributed by atoms with E-state index >= 15 is 0 Å². The van der Waals surface area contributed by atoms with E-state index in [0.29, 0.717) is 0 Å². The fourth-order valence-corrected chi connectivity index (χ4v) is 3.80. The van der Waals surface area contributed by atoms with Gasteiger partial charge in [0.2, 0.25) is 0 Å². The number of hydrogen-bond acceptors (Lipinski definition) is 4. The van der Waals surface area contributed by atoms with Crippen LogP contribution in [0, 0.1) is 0 Å². The van der Waals surface area contributed by atoms with Crippen LogP contribution in [0.1, 0.15) is 43.7 Å². The van der Waals surface area contributed by atoms with Crippen molar-refractivity contribution < 1.29 is 13.2 Å². The summed E-state index contributed by atoms with van der Waals surface area (Å²) < 4.78 is 40.7. The molecule has 0 amide bonds. The Hall–Kier alpha value is -1.77. The molecule has 0 saturated heterocycles. The smallest absolute Gasteiger partial charge is 0.267 e. The minimum atomic E-state index is -4.50. The number of nitrogens with zero attached hydrogens (tertiary/aromatic N) is 3. The second kappa shape index (κ2) is 6.38. The molecule has 23 heavy (non-hydrogen) atoms. The van der Waals surface area contributed by atoms with E-state index in [1.54, 1.807) is 0 Å². The van der Waals surface area contributed by atoms with Gasteiger partial charge in [-0.05, 0) is 36.7 Å². The first kappa shape index (κ1) is 16.1. The van der Waals surface area contributed by atoms with Crippen LogP contribution in [0.5, 0.6) is 0 Å². The lowest BCUT2D eigenvalue weighted by Gasteiger charge is -2.23. The highest BCUT2D eigenvalue weighted by Crippen LogP contribution is 2.38. The fourth-order valence-electron chi connectivity index (χ4n) is 2.80. The van der Waals surface area contributed by atoms with Gasteiger partial charge in [-0.25, -0.2) is 14.9 Å². The number of alkyl halides is 3. The molecule has 0 unspecified atom stereocenters. The quantitative estimate of drug-likeness (QED) is 0.923. The van der Waals surface area contributed by atoms with Gasteiger partial charge in [-0.2, -0.15) is 13.2 Å². The van der Waals surface area contributed by atoms with Gasteiger partial charge < -0.3 is 0 Å². The van der Waals surface area contributed by atoms with E-state index in [1.165, 1.54) is 16.8 Å². The summed E-state index contributed by atoms with van der Waals surface area (Å²) in [5, 5.41) is 6.26. The normalized spacial score (nSPS) is 16.7. The van der Waals surface area contributed by atoms with Crippen molar-refractivity contribution in [1.29, 1.82) is 0 Å². The SMILES string of the molecule is O=c1[nH]nc(Sc2ncccc2C(F)(F)F)n1C1CCCCC1. The Morgan fingerprint density at radius 1 is 1.26 bits per heavy atom. The Morgan fingerprint density at radius 2 is 2.00 bits per heavy atom. The third-order valence-corrected chi connectivity index (χ3v) is 4.87. The number of aromatic nitrogens is 4. The lowest BCUT2D eigenvalue weighted by molar-refractivity contribution is -0.140. The molecule has 0 radical (unpaired) electrons. The van der Waals surface area contributed by atoms with Gasteiger partial charge in [0.15, 0.2) is 5.16 Å². The number of hydrogen-bond donors (Lipinski definition) is 1. The molecule has 2 aromatic heterocycles. The Balaban J connectivity index is 1.94. The van der Waals surface area contributed by atoms with Crippen LogP contribution in [0.25, 0.3) is 0 Å². The van der Waals surface area contributed by atoms with Crippen LogP contribution in [0.3, 0.4) is 0 Å². The van der Waals surface area contributed by atoms with Gasteiger partial charge in [-0.3, -0.25) is 4.57 Å². The summed E-state index contributed by atoms with van der Waals surface area (Å²) in [7, 11) is 0. The van der Waals surface area contributed by atoms with E-state index in [4.69, 9.17) is 0 Å². The van der Waals surface area contributed by atoms with E-state index in [0.717, 1.165) is 49.9 Å². The van der Waals surface area contributed by atoms with Crippen molar-refractivity contribution in [2.24, 2.45) is 0 Å². The van der Waals surface area contributed by atoms with Crippen molar-refractivity contribution in [1.82, 2.24) is 19.7 Å². The van der Waals surface area contributed by atoms with E-state index < -0.39 is 11.7 Å². The van der Waals surface area contributed by atoms with E-state index in [1.807, 2.05) is 0 Å². The van der Waals surface area contributed by atoms with Crippen LogP contribution in [-0.2, 0) is 6.18 Å². The Kier molecular flexibility index (Phi) is 4.47. The first-order valence-corrected chi connectivity index (χ1v) is 8.15. The molecule has 1 N–H and O–H groups in total. The molecule has 124 valence electrons. The highest BCUT2D eigenvalue weighted by Gasteiger charge is 2.35. The van der Waals surface area contributed by atoms with Crippen LogP contribution in [-0.4, -0.2) is 19.7 Å². The summed E-state index contributed by atoms with van der Waals surface area (Å²) in [6.07, 6.45) is 1.59. The number of pyridine rings is 1. The summed E-state index contributed by atoms with van der Waals surface area (Å²) >= 11 is 0.772. The molecule has 1 saturated carbocycles. The third-order valence-electron chi connectivity index (χ3n) is 3.88. The largest absolute Gasteiger partial charge is 0.419 e. The average Bonchev–Trinajstić information content (AvgIpc) is 2.88. The van der Waals surface area contributed by atoms with Crippen LogP contribution >= 0.6 is 11.8 Å². The summed E-state index contributed by atoms with van der Waals surface area (Å²) in [4.78, 5) is 15.8. The minimum absolute atomic E-state index is 0.0180. The maximum Gasteiger partial charge on any atom is 0.419 e. The van der Waals surface area contributed by atoms with Crippen molar-refractivity contribution in [2.45, 2.75) is 54.5 Å². The number of nitrogens with one attached hydrogen (secondary N) is 1. The minimum Gasteiger partial charge on any atom is -0.267 e. The van der Waals surface area contributed by atoms with Gasteiger partial charge in [0, 0.05) is 12.2 Å². The predicted molar refractivity (Wildman–Crippen MR) is 78.3 cm³/mol. The molecule has 3 rings (SSSR count). The molecule has 2 aromatic rings. The van der Waals surface area contributed by atoms with Gasteiger partial charge in [0.05, 0.1) is 5.56 Å². The number of aromatic amines is 1. The maximum atomic E-state index is 13.1. The molecule has 1 fully saturated rings. The average molecular weight is 344 g/mol. The number of halogens is 3. The number of H-pyrrole nitrogens is 1. The zero-order valence-electron chi connectivity index (χ0n) is 12.1. The highest BCUT2D eigenvalue weighted by atomic mass is 32.2. The molecule has 2 heterocycles. The van der Waals surface area contributed by atoms with Gasteiger partial charge >= 0.3 is 11.9 Å². The lowest BCUT2D eigenvalue weighted by atomic mass is 9.95. The topological polar surface area (TPSA) is 63.6 Å². The summed E-state index contributed by atoms with van der Waals surface area (Å²) in [6, 6.07) is 2.20. The molecule has 1 aliphatic carbocycles. The van der Waals surface area contributed by atoms with Gasteiger partial charge in [-0.1, -0.05) is 19.3 Å². The van der Waals surface area contributed by atoms with Crippen LogP contribution in [0.4, 0.5) is 13.2 Å². The zero-order chi connectivity index (χ0) is 16.4. The molecular weight excluding hydrogens is 329 g/mol. The first-order valence-electron chi connectivity index (χ1n) is 7.34. The molecule has 0 bridgehead atoms. The van der Waals surface area contributed by atoms with Gasteiger partial charge in [0.25, 0.3) is 0 Å². The molecule has 0 aromatic carbocycles. The summed E-state index contributed by atoms with van der Waals surface area (Å²) in [5.41, 5.74) is -1.21. The lowest BCUT2D eigenvalue weighted by Crippen LogP contribution is -2.24. The Labute approximate surface area is 134 Å². The fraction of sp³-hybridized carbons (Fsp3) is 0.500. The van der Waals surface area contributed by atoms with Crippen LogP contribution in [0.15, 0.2) is 33.3 Å². The summed E-state index contributed by atoms with van der Waals surface area (Å²) in [6.45, 7) is 0. The van der Waals surface area contributed by atoms with Crippen molar-refractivity contribution in [3.05, 3.63) is 34.4 Å². The van der Waals surface area contributed by atoms with Crippen molar-refractivity contribution in [3.8, 4) is 0 Å².